The number of aryl methyl sites for hydroxylation is 1. The van der Waals surface area contributed by atoms with Crippen molar-refractivity contribution in [3.63, 3.8) is 0 Å². The van der Waals surface area contributed by atoms with Gasteiger partial charge in [0.1, 0.15) is 17.0 Å². The molecule has 160 valence electrons. The van der Waals surface area contributed by atoms with E-state index in [0.29, 0.717) is 5.56 Å². The van der Waals surface area contributed by atoms with Gasteiger partial charge in [-0.3, -0.25) is 9.69 Å². The lowest BCUT2D eigenvalue weighted by Gasteiger charge is -2.24. The Morgan fingerprint density at radius 1 is 1.06 bits per heavy atom. The molecule has 32 heavy (non-hydrogen) atoms. The summed E-state index contributed by atoms with van der Waals surface area (Å²) < 4.78 is 15.6. The van der Waals surface area contributed by atoms with Crippen LogP contribution in [0.3, 0.4) is 0 Å². The number of halogens is 1. The Labute approximate surface area is 182 Å². The van der Waals surface area contributed by atoms with E-state index < -0.39 is 23.3 Å². The summed E-state index contributed by atoms with van der Waals surface area (Å²) in [5.41, 5.74) is 0.404. The molecule has 1 saturated heterocycles. The van der Waals surface area contributed by atoms with Crippen LogP contribution >= 0.6 is 0 Å². The molecule has 0 saturated carbocycles. The van der Waals surface area contributed by atoms with E-state index in [1.807, 2.05) is 49.4 Å². The number of urea groups is 1. The van der Waals surface area contributed by atoms with Crippen LogP contribution < -0.4 is 5.32 Å². The summed E-state index contributed by atoms with van der Waals surface area (Å²) in [4.78, 5) is 27.4. The highest BCUT2D eigenvalue weighted by atomic mass is 19.1. The molecule has 1 aliphatic heterocycles. The molecular weight excluding hydrogens is 411 g/mol. The van der Waals surface area contributed by atoms with Crippen molar-refractivity contribution in [2.45, 2.75) is 25.9 Å². The van der Waals surface area contributed by atoms with Crippen molar-refractivity contribution in [2.24, 2.45) is 0 Å². The predicted molar refractivity (Wildman–Crippen MR) is 114 cm³/mol. The Kier molecular flexibility index (Phi) is 4.47. The third-order valence-electron chi connectivity index (χ3n) is 5.77. The number of amides is 3. The summed E-state index contributed by atoms with van der Waals surface area (Å²) in [7, 11) is 0. The number of hydrogen-bond acceptors (Lipinski definition) is 5. The van der Waals surface area contributed by atoms with E-state index in [1.54, 1.807) is 19.1 Å². The van der Waals surface area contributed by atoms with Crippen molar-refractivity contribution in [1.82, 2.24) is 30.4 Å². The summed E-state index contributed by atoms with van der Waals surface area (Å²) in [6, 6.07) is 17.3. The maximum atomic E-state index is 14.4. The maximum absolute atomic E-state index is 14.4. The fourth-order valence-electron chi connectivity index (χ4n) is 4.10. The van der Waals surface area contributed by atoms with Crippen LogP contribution in [0.4, 0.5) is 9.18 Å². The average molecular weight is 430 g/mol. The number of tetrazole rings is 1. The summed E-state index contributed by atoms with van der Waals surface area (Å²) in [5, 5.41) is 16.1. The zero-order valence-electron chi connectivity index (χ0n) is 17.4. The normalized spacial score (nSPS) is 18.4. The molecular formula is C23H19FN6O2. The second-order valence-corrected chi connectivity index (χ2v) is 7.93. The zero-order chi connectivity index (χ0) is 22.5. The topological polar surface area (TPSA) is 93.0 Å². The van der Waals surface area contributed by atoms with E-state index in [1.165, 1.54) is 10.7 Å². The van der Waals surface area contributed by atoms with Gasteiger partial charge in [0.05, 0.1) is 6.54 Å². The third-order valence-corrected chi connectivity index (χ3v) is 5.77. The first kappa shape index (κ1) is 19.8. The van der Waals surface area contributed by atoms with Crippen LogP contribution in [-0.4, -0.2) is 37.0 Å². The van der Waals surface area contributed by atoms with Crippen LogP contribution in [0.1, 0.15) is 23.9 Å². The number of fused-ring (bicyclic) bond motifs is 1. The van der Waals surface area contributed by atoms with Gasteiger partial charge in [-0.15, -0.1) is 5.10 Å². The lowest BCUT2D eigenvalue weighted by atomic mass is 9.88. The molecule has 0 unspecified atom stereocenters. The summed E-state index contributed by atoms with van der Waals surface area (Å²) in [5.74, 6) is -0.778. The molecule has 1 N–H and O–H groups in total. The molecule has 1 aromatic heterocycles. The van der Waals surface area contributed by atoms with Gasteiger partial charge in [-0.2, -0.15) is 4.68 Å². The standard InChI is InChI=1S/C23H19FN6O2/c1-14-10-11-18(24)19(12-14)30-20(26-27-28-30)13-29-21(31)23(2,25-22(29)32)17-9-5-7-15-6-3-4-8-16(15)17/h3-12H,13H2,1-2H3,(H,25,32)/t23-/m0/s1. The molecule has 2 heterocycles. The van der Waals surface area contributed by atoms with Crippen molar-refractivity contribution in [3.05, 3.63) is 83.4 Å². The largest absolute Gasteiger partial charge is 0.325 e. The SMILES string of the molecule is Cc1ccc(F)c(-n2nnnc2CN2C(=O)N[C@@](C)(c3cccc4ccccc34)C2=O)c1. The molecule has 1 fully saturated rings. The van der Waals surface area contributed by atoms with Gasteiger partial charge in [0, 0.05) is 0 Å². The van der Waals surface area contributed by atoms with Crippen molar-refractivity contribution >= 4 is 22.7 Å². The molecule has 8 nitrogen and oxygen atoms in total. The van der Waals surface area contributed by atoms with Crippen molar-refractivity contribution in [2.75, 3.05) is 0 Å². The fraction of sp³-hybridized carbons (Fsp3) is 0.174. The Morgan fingerprint density at radius 2 is 1.84 bits per heavy atom. The van der Waals surface area contributed by atoms with Crippen molar-refractivity contribution < 1.29 is 14.0 Å². The quantitative estimate of drug-likeness (QED) is 0.502. The van der Waals surface area contributed by atoms with E-state index in [0.717, 1.165) is 21.2 Å². The van der Waals surface area contributed by atoms with E-state index in [9.17, 15) is 14.0 Å². The average Bonchev–Trinajstić information content (AvgIpc) is 3.33. The smallest absolute Gasteiger partial charge is 0.319 e. The Morgan fingerprint density at radius 3 is 2.69 bits per heavy atom. The minimum absolute atomic E-state index is 0.147. The number of hydrogen-bond donors (Lipinski definition) is 1. The molecule has 3 aromatic carbocycles. The van der Waals surface area contributed by atoms with Gasteiger partial charge >= 0.3 is 6.03 Å². The number of benzene rings is 3. The molecule has 9 heteroatoms. The summed E-state index contributed by atoms with van der Waals surface area (Å²) >= 11 is 0. The van der Waals surface area contributed by atoms with E-state index in [4.69, 9.17) is 0 Å². The minimum Gasteiger partial charge on any atom is -0.319 e. The number of nitrogens with one attached hydrogen (secondary N) is 1. The Hall–Kier alpha value is -4.14. The molecule has 4 aromatic rings. The van der Waals surface area contributed by atoms with Crippen LogP contribution in [0, 0.1) is 12.7 Å². The molecule has 0 aliphatic carbocycles. The van der Waals surface area contributed by atoms with Crippen LogP contribution in [0.2, 0.25) is 0 Å². The van der Waals surface area contributed by atoms with Gasteiger partial charge in [-0.05, 0) is 58.3 Å². The van der Waals surface area contributed by atoms with Gasteiger partial charge in [0.15, 0.2) is 5.82 Å². The molecule has 5 rings (SSSR count). The van der Waals surface area contributed by atoms with Gasteiger partial charge in [-0.25, -0.2) is 9.18 Å². The highest BCUT2D eigenvalue weighted by Gasteiger charge is 2.50. The van der Waals surface area contributed by atoms with Gasteiger partial charge in [0.2, 0.25) is 0 Å². The highest BCUT2D eigenvalue weighted by Crippen LogP contribution is 2.34. The number of imide groups is 1. The van der Waals surface area contributed by atoms with Gasteiger partial charge < -0.3 is 5.32 Å². The molecule has 0 bridgehead atoms. The Balaban J connectivity index is 1.51. The van der Waals surface area contributed by atoms with Crippen molar-refractivity contribution in [3.8, 4) is 5.69 Å². The lowest BCUT2D eigenvalue weighted by Crippen LogP contribution is -2.41. The monoisotopic (exact) mass is 430 g/mol. The minimum atomic E-state index is -1.26. The van der Waals surface area contributed by atoms with Crippen LogP contribution in [-0.2, 0) is 16.9 Å². The molecule has 0 spiro atoms. The van der Waals surface area contributed by atoms with Crippen molar-refractivity contribution in [1.29, 1.82) is 0 Å². The first-order chi connectivity index (χ1) is 15.4. The maximum Gasteiger partial charge on any atom is 0.325 e. The number of nitrogens with zero attached hydrogens (tertiary/aromatic N) is 5. The predicted octanol–water partition coefficient (Wildman–Crippen LogP) is 3.23. The first-order valence-corrected chi connectivity index (χ1v) is 10.0. The lowest BCUT2D eigenvalue weighted by molar-refractivity contribution is -0.131. The van der Waals surface area contributed by atoms with Crippen LogP contribution in [0.25, 0.3) is 16.5 Å². The number of carbonyl (C=O) groups excluding carboxylic acids is 2. The first-order valence-electron chi connectivity index (χ1n) is 10.0. The van der Waals surface area contributed by atoms with Gasteiger partial charge in [-0.1, -0.05) is 48.5 Å². The van der Waals surface area contributed by atoms with E-state index >= 15 is 0 Å². The highest BCUT2D eigenvalue weighted by molar-refractivity contribution is 6.09. The fourth-order valence-corrected chi connectivity index (χ4v) is 4.10. The number of rotatable bonds is 4. The zero-order valence-corrected chi connectivity index (χ0v) is 17.4. The van der Waals surface area contributed by atoms with Crippen LogP contribution in [0.15, 0.2) is 60.7 Å². The summed E-state index contributed by atoms with van der Waals surface area (Å²) in [6.07, 6.45) is 0. The summed E-state index contributed by atoms with van der Waals surface area (Å²) in [6.45, 7) is 3.30. The molecule has 1 aliphatic rings. The van der Waals surface area contributed by atoms with E-state index in [2.05, 4.69) is 20.8 Å². The Bertz CT molecular complexity index is 1380. The van der Waals surface area contributed by atoms with Gasteiger partial charge in [0.25, 0.3) is 5.91 Å². The second-order valence-electron chi connectivity index (χ2n) is 7.93. The third kappa shape index (κ3) is 3.01. The van der Waals surface area contributed by atoms with E-state index in [-0.39, 0.29) is 18.1 Å². The number of carbonyl (C=O) groups is 2. The van der Waals surface area contributed by atoms with Crippen LogP contribution in [0.5, 0.6) is 0 Å². The molecule has 1 atom stereocenters. The molecule has 0 radical (unpaired) electrons. The second kappa shape index (κ2) is 7.23. The molecule has 3 amide bonds. The number of aromatic nitrogens is 4.